The highest BCUT2D eigenvalue weighted by molar-refractivity contribution is 8.00. The summed E-state index contributed by atoms with van der Waals surface area (Å²) in [5.74, 6) is -1.43. The summed E-state index contributed by atoms with van der Waals surface area (Å²) >= 11 is 3.00. The van der Waals surface area contributed by atoms with E-state index in [0.717, 1.165) is 15.8 Å². The van der Waals surface area contributed by atoms with Gasteiger partial charge in [-0.25, -0.2) is 13.6 Å². The molecule has 6 rings (SSSR count). The smallest absolute Gasteiger partial charge is 0.459 e. The fraction of sp³-hybridized carbons (Fsp3) is 0.360. The molecule has 5 heterocycles. The van der Waals surface area contributed by atoms with Crippen molar-refractivity contribution >= 4 is 35.2 Å². The fourth-order valence-electron chi connectivity index (χ4n) is 5.15. The molecule has 2 aromatic rings. The molecule has 1 amide bonds. The SMILES string of the molecule is COC(=O)OCOC1=C2C(=O)N3CCOC[C@H]3N([C@@H]3c4ccsc4SCc4c3ccc(F)c4F)N2C=CC1. The highest BCUT2D eigenvalue weighted by Crippen LogP contribution is 2.49. The minimum Gasteiger partial charge on any atom is -0.459 e. The van der Waals surface area contributed by atoms with Crippen molar-refractivity contribution in [1.82, 2.24) is 14.9 Å². The summed E-state index contributed by atoms with van der Waals surface area (Å²) in [5.41, 5.74) is 2.10. The van der Waals surface area contributed by atoms with Gasteiger partial charge in [-0.3, -0.25) is 9.80 Å². The first kappa shape index (κ1) is 25.2. The lowest BCUT2D eigenvalue weighted by molar-refractivity contribution is -0.190. The molecule has 0 saturated carbocycles. The van der Waals surface area contributed by atoms with Gasteiger partial charge in [0, 0.05) is 36.0 Å². The number of allylic oxidation sites excluding steroid dienone is 1. The molecule has 0 spiro atoms. The van der Waals surface area contributed by atoms with E-state index in [4.69, 9.17) is 14.2 Å². The van der Waals surface area contributed by atoms with Crippen LogP contribution in [0.15, 0.2) is 51.5 Å². The predicted octanol–water partition coefficient (Wildman–Crippen LogP) is 4.33. The Labute approximate surface area is 225 Å². The van der Waals surface area contributed by atoms with Gasteiger partial charge < -0.3 is 23.8 Å². The molecular weight excluding hydrogens is 540 g/mol. The Morgan fingerprint density at radius 2 is 2.11 bits per heavy atom. The molecule has 1 aromatic heterocycles. The van der Waals surface area contributed by atoms with Gasteiger partial charge in [0.25, 0.3) is 5.91 Å². The van der Waals surface area contributed by atoms with Gasteiger partial charge in [-0.15, -0.1) is 23.1 Å². The summed E-state index contributed by atoms with van der Waals surface area (Å²) < 4.78 is 51.4. The van der Waals surface area contributed by atoms with Gasteiger partial charge in [0.2, 0.25) is 6.79 Å². The number of hydrogen-bond donors (Lipinski definition) is 0. The first-order valence-corrected chi connectivity index (χ1v) is 13.7. The molecule has 0 aliphatic carbocycles. The molecule has 1 aromatic carbocycles. The van der Waals surface area contributed by atoms with E-state index in [1.54, 1.807) is 22.2 Å². The third-order valence-corrected chi connectivity index (χ3v) is 9.13. The Morgan fingerprint density at radius 1 is 1.24 bits per heavy atom. The summed E-state index contributed by atoms with van der Waals surface area (Å²) in [4.78, 5) is 26.9. The number of hydrogen-bond acceptors (Lipinski definition) is 10. The van der Waals surface area contributed by atoms with Crippen LogP contribution >= 0.6 is 23.1 Å². The number of thiophene rings is 1. The summed E-state index contributed by atoms with van der Waals surface area (Å²) in [7, 11) is 1.19. The second kappa shape index (κ2) is 10.2. The number of nitrogens with zero attached hydrogens (tertiary/aromatic N) is 3. The van der Waals surface area contributed by atoms with Gasteiger partial charge in [-0.1, -0.05) is 12.1 Å². The molecule has 2 atom stereocenters. The third kappa shape index (κ3) is 4.13. The van der Waals surface area contributed by atoms with Gasteiger partial charge in [0.05, 0.1) is 30.6 Å². The lowest BCUT2D eigenvalue weighted by atomic mass is 9.94. The molecule has 200 valence electrons. The van der Waals surface area contributed by atoms with Crippen LogP contribution in [-0.4, -0.2) is 66.8 Å². The van der Waals surface area contributed by atoms with E-state index < -0.39 is 36.8 Å². The van der Waals surface area contributed by atoms with Crippen molar-refractivity contribution in [2.45, 2.75) is 28.6 Å². The van der Waals surface area contributed by atoms with E-state index in [9.17, 15) is 14.0 Å². The van der Waals surface area contributed by atoms with Crippen molar-refractivity contribution in [2.24, 2.45) is 0 Å². The minimum absolute atomic E-state index is 0.229. The van der Waals surface area contributed by atoms with E-state index in [2.05, 4.69) is 4.74 Å². The number of morpholine rings is 1. The van der Waals surface area contributed by atoms with Crippen LogP contribution in [0.25, 0.3) is 0 Å². The van der Waals surface area contributed by atoms with Crippen LogP contribution in [0, 0.1) is 11.6 Å². The topological polar surface area (TPSA) is 80.8 Å². The zero-order valence-corrected chi connectivity index (χ0v) is 21.9. The first-order valence-electron chi connectivity index (χ1n) is 11.9. The van der Waals surface area contributed by atoms with E-state index in [1.807, 2.05) is 22.5 Å². The molecule has 9 nitrogen and oxygen atoms in total. The van der Waals surface area contributed by atoms with Crippen molar-refractivity contribution in [3.05, 3.63) is 75.6 Å². The van der Waals surface area contributed by atoms with E-state index in [1.165, 1.54) is 30.2 Å². The maximum Gasteiger partial charge on any atom is 0.510 e. The van der Waals surface area contributed by atoms with Gasteiger partial charge in [-0.2, -0.15) is 5.01 Å². The normalized spacial score (nSPS) is 22.8. The predicted molar refractivity (Wildman–Crippen MR) is 132 cm³/mol. The van der Waals surface area contributed by atoms with Crippen molar-refractivity contribution in [1.29, 1.82) is 0 Å². The Morgan fingerprint density at radius 3 is 2.95 bits per heavy atom. The summed E-state index contributed by atoms with van der Waals surface area (Å²) in [5, 5.41) is 5.66. The molecule has 4 aliphatic heterocycles. The first-order chi connectivity index (χ1) is 18.5. The van der Waals surface area contributed by atoms with E-state index >= 15 is 4.39 Å². The van der Waals surface area contributed by atoms with Crippen LogP contribution in [0.5, 0.6) is 0 Å². The Bertz CT molecular complexity index is 1350. The highest BCUT2D eigenvalue weighted by Gasteiger charge is 2.50. The highest BCUT2D eigenvalue weighted by atomic mass is 32.2. The quantitative estimate of drug-likeness (QED) is 0.399. The number of methoxy groups -OCH3 is 1. The van der Waals surface area contributed by atoms with Gasteiger partial charge in [0.1, 0.15) is 11.9 Å². The van der Waals surface area contributed by atoms with Crippen molar-refractivity contribution in [2.75, 3.05) is 33.7 Å². The molecule has 2 saturated heterocycles. The average Bonchev–Trinajstić information content (AvgIpc) is 3.34. The van der Waals surface area contributed by atoms with Crippen LogP contribution in [0.4, 0.5) is 13.6 Å². The van der Waals surface area contributed by atoms with Crippen LogP contribution in [0.3, 0.4) is 0 Å². The number of benzene rings is 1. The minimum atomic E-state index is -0.907. The van der Waals surface area contributed by atoms with E-state index in [-0.39, 0.29) is 29.5 Å². The van der Waals surface area contributed by atoms with Gasteiger partial charge in [-0.05, 0) is 23.1 Å². The molecule has 0 bridgehead atoms. The molecule has 0 N–H and O–H groups in total. The molecule has 0 radical (unpaired) electrons. The van der Waals surface area contributed by atoms with Crippen LogP contribution in [-0.2, 0) is 29.5 Å². The Kier molecular flexibility index (Phi) is 6.76. The number of thioether (sulfide) groups is 1. The van der Waals surface area contributed by atoms with Gasteiger partial charge in [0.15, 0.2) is 17.3 Å². The summed E-state index contributed by atoms with van der Waals surface area (Å²) in [6, 6.07) is 4.20. The maximum atomic E-state index is 15.2. The van der Waals surface area contributed by atoms with Crippen LogP contribution < -0.4 is 0 Å². The molecule has 38 heavy (non-hydrogen) atoms. The summed E-state index contributed by atoms with van der Waals surface area (Å²) in [6.45, 7) is 0.499. The fourth-order valence-corrected chi connectivity index (χ4v) is 7.34. The van der Waals surface area contributed by atoms with Crippen LogP contribution in [0.1, 0.15) is 29.2 Å². The van der Waals surface area contributed by atoms with E-state index in [0.29, 0.717) is 30.9 Å². The number of rotatable bonds is 4. The lowest BCUT2D eigenvalue weighted by Gasteiger charge is -2.54. The lowest BCUT2D eigenvalue weighted by Crippen LogP contribution is -2.67. The second-order valence-corrected chi connectivity index (χ2v) is 10.9. The zero-order valence-electron chi connectivity index (χ0n) is 20.2. The van der Waals surface area contributed by atoms with Crippen molar-refractivity contribution < 1.29 is 37.3 Å². The largest absolute Gasteiger partial charge is 0.510 e. The molecule has 4 aliphatic rings. The summed E-state index contributed by atoms with van der Waals surface area (Å²) in [6.07, 6.45) is 2.47. The average molecular weight is 564 g/mol. The molecule has 0 unspecified atom stereocenters. The van der Waals surface area contributed by atoms with Crippen LogP contribution in [0.2, 0.25) is 0 Å². The Balaban J connectivity index is 1.49. The molecule has 13 heteroatoms. The number of carbonyl (C=O) groups excluding carboxylic acids is 2. The number of amides is 1. The third-order valence-electron chi connectivity index (χ3n) is 6.83. The van der Waals surface area contributed by atoms with Crippen molar-refractivity contribution in [3.8, 4) is 0 Å². The molecule has 2 fully saturated rings. The monoisotopic (exact) mass is 563 g/mol. The number of fused-ring (bicyclic) bond motifs is 4. The maximum absolute atomic E-state index is 15.2. The van der Waals surface area contributed by atoms with Gasteiger partial charge >= 0.3 is 6.16 Å². The number of carbonyl (C=O) groups is 2. The molecular formula is C25H23F2N3O6S2. The number of ether oxygens (including phenoxy) is 4. The number of halogens is 2. The van der Waals surface area contributed by atoms with Crippen molar-refractivity contribution in [3.63, 3.8) is 0 Å². The zero-order chi connectivity index (χ0) is 26.4. The Hall–Kier alpha value is -3.13. The second-order valence-electron chi connectivity index (χ2n) is 8.78. The number of hydrazine groups is 1. The standard InChI is InChI=1S/C25H23F2N3O6S2/c1-33-25(32)36-13-35-18-3-2-7-29-22(18)23(31)28-8-9-34-11-19(28)30(29)21-14-4-5-17(26)20(27)16(14)12-38-24-15(21)6-10-37-24/h2,4-7,10,19,21H,3,8-9,11-13H2,1H3/t19-,21+/m1/s1.